The second-order valence-electron chi connectivity index (χ2n) is 6.06. The highest BCUT2D eigenvalue weighted by Gasteiger charge is 2.23. The van der Waals surface area contributed by atoms with E-state index < -0.39 is 0 Å². The Kier molecular flexibility index (Phi) is 7.03. The van der Waals surface area contributed by atoms with Crippen LogP contribution in [0.5, 0.6) is 11.5 Å². The Labute approximate surface area is 171 Å². The number of benzene rings is 1. The average Bonchev–Trinajstić information content (AvgIpc) is 3.29. The number of nitrogens with zero attached hydrogens (tertiary/aromatic N) is 3. The summed E-state index contributed by atoms with van der Waals surface area (Å²) in [5, 5.41) is 11.6. The maximum Gasteiger partial charge on any atom is 0.216 e. The van der Waals surface area contributed by atoms with Gasteiger partial charge in [-0.2, -0.15) is 14.9 Å². The van der Waals surface area contributed by atoms with E-state index in [-0.39, 0.29) is 6.10 Å². The molecule has 0 amide bonds. The van der Waals surface area contributed by atoms with Gasteiger partial charge in [-0.25, -0.2) is 0 Å². The van der Waals surface area contributed by atoms with Gasteiger partial charge in [0.05, 0.1) is 23.9 Å². The lowest BCUT2D eigenvalue weighted by Gasteiger charge is -2.14. The molecule has 3 rings (SSSR count). The summed E-state index contributed by atoms with van der Waals surface area (Å²) < 4.78 is 20.1. The van der Waals surface area contributed by atoms with E-state index >= 15 is 0 Å². The van der Waals surface area contributed by atoms with Crippen molar-refractivity contribution in [1.82, 2.24) is 14.9 Å². The van der Waals surface area contributed by atoms with Crippen LogP contribution in [0.15, 0.2) is 21.7 Å². The molecule has 1 aromatic heterocycles. The minimum Gasteiger partial charge on any atom is -0.490 e. The normalized spacial score (nSPS) is 16.9. The second kappa shape index (κ2) is 9.48. The molecule has 1 aromatic carbocycles. The molecule has 1 saturated heterocycles. The molecule has 0 radical (unpaired) electrons. The predicted octanol–water partition coefficient (Wildman–Crippen LogP) is 4.62. The molecule has 1 N–H and O–H groups in total. The molecule has 1 aliphatic rings. The van der Waals surface area contributed by atoms with Crippen molar-refractivity contribution in [1.29, 1.82) is 0 Å². The molecule has 146 valence electrons. The van der Waals surface area contributed by atoms with E-state index in [4.69, 9.17) is 26.4 Å². The molecule has 9 heteroatoms. The monoisotopic (exact) mass is 454 g/mol. The number of hydrogen-bond acceptors (Lipinski definition) is 6. The van der Waals surface area contributed by atoms with E-state index in [9.17, 15) is 0 Å². The molecule has 0 saturated carbocycles. The van der Waals surface area contributed by atoms with Crippen LogP contribution in [-0.2, 0) is 4.74 Å². The summed E-state index contributed by atoms with van der Waals surface area (Å²) in [4.78, 5) is 0. The number of hydrogen-bond donors (Lipinski definition) is 1. The van der Waals surface area contributed by atoms with Crippen molar-refractivity contribution in [3.63, 3.8) is 0 Å². The van der Waals surface area contributed by atoms with Gasteiger partial charge in [0.25, 0.3) is 0 Å². The highest BCUT2D eigenvalue weighted by molar-refractivity contribution is 9.10. The van der Waals surface area contributed by atoms with Crippen LogP contribution in [0.1, 0.15) is 50.6 Å². The van der Waals surface area contributed by atoms with Crippen molar-refractivity contribution in [2.75, 3.05) is 19.8 Å². The van der Waals surface area contributed by atoms with Gasteiger partial charge in [0, 0.05) is 6.61 Å². The fraction of sp³-hybridized carbons (Fsp3) is 0.500. The van der Waals surface area contributed by atoms with Crippen LogP contribution in [0, 0.1) is 4.77 Å². The summed E-state index contributed by atoms with van der Waals surface area (Å²) in [5.41, 5.74) is 0.857. The van der Waals surface area contributed by atoms with E-state index in [1.54, 1.807) is 10.9 Å². The van der Waals surface area contributed by atoms with Crippen LogP contribution in [-0.4, -0.2) is 40.9 Å². The largest absolute Gasteiger partial charge is 0.490 e. The maximum absolute atomic E-state index is 5.81. The molecule has 27 heavy (non-hydrogen) atoms. The van der Waals surface area contributed by atoms with Crippen molar-refractivity contribution in [3.8, 4) is 11.5 Å². The summed E-state index contributed by atoms with van der Waals surface area (Å²) in [6.45, 7) is 5.91. The number of aromatic amines is 1. The summed E-state index contributed by atoms with van der Waals surface area (Å²) in [6.07, 6.45) is 4.49. The third-order valence-corrected chi connectivity index (χ3v) is 4.85. The van der Waals surface area contributed by atoms with E-state index in [2.05, 4.69) is 38.2 Å². The Hall–Kier alpha value is -1.71. The van der Waals surface area contributed by atoms with Gasteiger partial charge in [-0.3, -0.25) is 5.10 Å². The topological polar surface area (TPSA) is 73.7 Å². The highest BCUT2D eigenvalue weighted by atomic mass is 79.9. The Morgan fingerprint density at radius 3 is 3.00 bits per heavy atom. The Morgan fingerprint density at radius 2 is 2.30 bits per heavy atom. The van der Waals surface area contributed by atoms with E-state index in [0.29, 0.717) is 35.3 Å². The van der Waals surface area contributed by atoms with Crippen LogP contribution in [0.2, 0.25) is 0 Å². The third kappa shape index (κ3) is 4.77. The zero-order chi connectivity index (χ0) is 19.2. The van der Waals surface area contributed by atoms with E-state index in [1.807, 2.05) is 19.1 Å². The first kappa shape index (κ1) is 20.0. The van der Waals surface area contributed by atoms with E-state index in [1.165, 1.54) is 0 Å². The number of ether oxygens (including phenoxy) is 3. The molecule has 1 aliphatic heterocycles. The number of rotatable bonds is 8. The van der Waals surface area contributed by atoms with Gasteiger partial charge in [0.1, 0.15) is 6.10 Å². The van der Waals surface area contributed by atoms with Crippen molar-refractivity contribution in [2.24, 2.45) is 5.10 Å². The third-order valence-electron chi connectivity index (χ3n) is 4.00. The van der Waals surface area contributed by atoms with Crippen molar-refractivity contribution in [3.05, 3.63) is 32.8 Å². The number of halogens is 1. The van der Waals surface area contributed by atoms with Gasteiger partial charge in [-0.05, 0) is 72.0 Å². The van der Waals surface area contributed by atoms with Gasteiger partial charge < -0.3 is 14.2 Å². The average molecular weight is 455 g/mol. The molecule has 0 aliphatic carbocycles. The molecular weight excluding hydrogens is 432 g/mol. The molecule has 0 spiro atoms. The molecule has 2 heterocycles. The quantitative estimate of drug-likeness (QED) is 0.464. The number of nitrogens with one attached hydrogen (secondary N) is 1. The summed E-state index contributed by atoms with van der Waals surface area (Å²) in [7, 11) is 0. The van der Waals surface area contributed by atoms with Gasteiger partial charge in [0.15, 0.2) is 17.3 Å². The van der Waals surface area contributed by atoms with E-state index in [0.717, 1.165) is 35.9 Å². The lowest BCUT2D eigenvalue weighted by atomic mass is 10.2. The Balaban J connectivity index is 1.89. The molecule has 0 bridgehead atoms. The van der Waals surface area contributed by atoms with Gasteiger partial charge in [-0.1, -0.05) is 6.92 Å². The van der Waals surface area contributed by atoms with Crippen LogP contribution in [0.4, 0.5) is 0 Å². The smallest absolute Gasteiger partial charge is 0.216 e. The second-order valence-corrected chi connectivity index (χ2v) is 7.30. The standard InChI is InChI=1S/C18H23BrN4O3S/c1-3-7-26-16-13(19)9-12(10-15(16)24-4-2)11-20-23-17(21-22-18(23)27)14-6-5-8-25-14/h9-11,14H,3-8H2,1-2H3,(H,22,27)/b20-11-. The van der Waals surface area contributed by atoms with Gasteiger partial charge >= 0.3 is 0 Å². The first-order chi connectivity index (χ1) is 13.1. The number of aromatic nitrogens is 3. The maximum atomic E-state index is 5.81. The predicted molar refractivity (Wildman–Crippen MR) is 109 cm³/mol. The highest BCUT2D eigenvalue weighted by Crippen LogP contribution is 2.36. The zero-order valence-electron chi connectivity index (χ0n) is 15.4. The molecule has 7 nitrogen and oxygen atoms in total. The van der Waals surface area contributed by atoms with Gasteiger partial charge in [0.2, 0.25) is 4.77 Å². The summed E-state index contributed by atoms with van der Waals surface area (Å²) >= 11 is 8.87. The molecule has 2 aromatic rings. The lowest BCUT2D eigenvalue weighted by Crippen LogP contribution is -2.05. The fourth-order valence-electron chi connectivity index (χ4n) is 2.80. The first-order valence-corrected chi connectivity index (χ1v) is 10.3. The summed E-state index contributed by atoms with van der Waals surface area (Å²) in [5.74, 6) is 2.08. The van der Waals surface area contributed by atoms with Gasteiger partial charge in [-0.15, -0.1) is 0 Å². The molecule has 1 atom stereocenters. The minimum absolute atomic E-state index is 0.0781. The molecule has 1 unspecified atom stereocenters. The first-order valence-electron chi connectivity index (χ1n) is 9.06. The number of H-pyrrole nitrogens is 1. The van der Waals surface area contributed by atoms with Crippen molar-refractivity contribution >= 4 is 34.4 Å². The van der Waals surface area contributed by atoms with Crippen molar-refractivity contribution in [2.45, 2.75) is 39.2 Å². The zero-order valence-corrected chi connectivity index (χ0v) is 17.8. The van der Waals surface area contributed by atoms with Crippen LogP contribution < -0.4 is 9.47 Å². The van der Waals surface area contributed by atoms with Crippen LogP contribution in [0.25, 0.3) is 0 Å². The minimum atomic E-state index is -0.0781. The molecular formula is C18H23BrN4O3S. The Morgan fingerprint density at radius 1 is 1.44 bits per heavy atom. The molecule has 1 fully saturated rings. The van der Waals surface area contributed by atoms with Crippen LogP contribution >= 0.6 is 28.1 Å². The fourth-order valence-corrected chi connectivity index (χ4v) is 3.56. The Bertz CT molecular complexity index is 859. The van der Waals surface area contributed by atoms with Crippen molar-refractivity contribution < 1.29 is 14.2 Å². The SMILES string of the molecule is CCCOc1c(Br)cc(/C=N\n2c(C3CCCO3)n[nH]c2=S)cc1OCC. The lowest BCUT2D eigenvalue weighted by molar-refractivity contribution is 0.102. The summed E-state index contributed by atoms with van der Waals surface area (Å²) in [6, 6.07) is 3.84. The van der Waals surface area contributed by atoms with Crippen LogP contribution in [0.3, 0.4) is 0 Å².